The summed E-state index contributed by atoms with van der Waals surface area (Å²) in [6, 6.07) is 2.19. The minimum atomic E-state index is -0.282. The zero-order chi connectivity index (χ0) is 12.8. The van der Waals surface area contributed by atoms with E-state index < -0.39 is 0 Å². The molecule has 0 fully saturated rings. The number of halogens is 1. The fourth-order valence-corrected chi connectivity index (χ4v) is 1.50. The van der Waals surface area contributed by atoms with Gasteiger partial charge in [0, 0.05) is 31.4 Å². The molecule has 0 aliphatic heterocycles. The molecule has 1 aromatic rings. The Labute approximate surface area is 103 Å². The highest BCUT2D eigenvalue weighted by Gasteiger charge is 2.07. The number of likely N-dealkylation sites (N-methyl/N-ethyl adjacent to an activating group) is 1. The van der Waals surface area contributed by atoms with E-state index in [1.165, 1.54) is 12.3 Å². The summed E-state index contributed by atoms with van der Waals surface area (Å²) in [7, 11) is 2.10. The maximum atomic E-state index is 13.0. The van der Waals surface area contributed by atoms with Crippen molar-refractivity contribution < 1.29 is 4.39 Å². The van der Waals surface area contributed by atoms with Gasteiger partial charge in [-0.3, -0.25) is 4.98 Å². The number of hydrogen-bond donors (Lipinski definition) is 1. The van der Waals surface area contributed by atoms with Crippen LogP contribution in [0.3, 0.4) is 0 Å². The van der Waals surface area contributed by atoms with Gasteiger partial charge in [0.2, 0.25) is 0 Å². The summed E-state index contributed by atoms with van der Waals surface area (Å²) < 4.78 is 13.0. The molecule has 1 atom stereocenters. The zero-order valence-corrected chi connectivity index (χ0v) is 11.1. The summed E-state index contributed by atoms with van der Waals surface area (Å²) in [4.78, 5) is 6.12. The first kappa shape index (κ1) is 14.1. The first-order chi connectivity index (χ1) is 8.00. The van der Waals surface area contributed by atoms with Gasteiger partial charge in [-0.1, -0.05) is 0 Å². The third-order valence-electron chi connectivity index (χ3n) is 3.02. The first-order valence-corrected chi connectivity index (χ1v) is 6.04. The smallest absolute Gasteiger partial charge is 0.141 e. The van der Waals surface area contributed by atoms with Gasteiger partial charge in [0.25, 0.3) is 0 Å². The Morgan fingerprint density at radius 2 is 2.06 bits per heavy atom. The maximum absolute atomic E-state index is 13.0. The third kappa shape index (κ3) is 4.79. The fraction of sp³-hybridized carbons (Fsp3) is 0.615. The molecule has 0 bridgehead atoms. The van der Waals surface area contributed by atoms with Crippen LogP contribution in [0.2, 0.25) is 0 Å². The summed E-state index contributed by atoms with van der Waals surface area (Å²) in [5.74, 6) is -0.282. The number of pyridine rings is 1. The molecule has 1 rings (SSSR count). The molecule has 0 spiro atoms. The Kier molecular flexibility index (Phi) is 5.51. The van der Waals surface area contributed by atoms with E-state index in [-0.39, 0.29) is 11.9 Å². The van der Waals surface area contributed by atoms with E-state index in [2.05, 4.69) is 36.1 Å². The third-order valence-corrected chi connectivity index (χ3v) is 3.02. The van der Waals surface area contributed by atoms with Crippen LogP contribution in [0.25, 0.3) is 0 Å². The molecule has 0 radical (unpaired) electrons. The summed E-state index contributed by atoms with van der Waals surface area (Å²) in [5.41, 5.74) is 0.886. The molecule has 0 aromatic carbocycles. The van der Waals surface area contributed by atoms with Crippen LogP contribution in [-0.4, -0.2) is 36.1 Å². The van der Waals surface area contributed by atoms with Gasteiger partial charge in [-0.2, -0.15) is 0 Å². The van der Waals surface area contributed by atoms with Crippen LogP contribution in [0, 0.1) is 5.82 Å². The van der Waals surface area contributed by atoms with Gasteiger partial charge in [0.05, 0.1) is 6.20 Å². The lowest BCUT2D eigenvalue weighted by Crippen LogP contribution is -2.34. The van der Waals surface area contributed by atoms with Crippen LogP contribution >= 0.6 is 0 Å². The van der Waals surface area contributed by atoms with E-state index in [1.54, 1.807) is 6.20 Å². The second-order valence-corrected chi connectivity index (χ2v) is 4.69. The van der Waals surface area contributed by atoms with Gasteiger partial charge in [-0.25, -0.2) is 4.39 Å². The molecule has 1 N–H and O–H groups in total. The minimum Gasteiger partial charge on any atom is -0.309 e. The van der Waals surface area contributed by atoms with Crippen molar-refractivity contribution in [2.45, 2.75) is 32.9 Å². The molecular weight excluding hydrogens is 217 g/mol. The minimum absolute atomic E-state index is 0.124. The molecule has 3 nitrogen and oxygen atoms in total. The fourth-order valence-electron chi connectivity index (χ4n) is 1.50. The SMILES string of the molecule is CC(NCCN(C)C(C)C)c1cncc(F)c1. The quantitative estimate of drug-likeness (QED) is 0.825. The zero-order valence-electron chi connectivity index (χ0n) is 11.1. The van der Waals surface area contributed by atoms with Crippen molar-refractivity contribution in [1.29, 1.82) is 0 Å². The van der Waals surface area contributed by atoms with E-state index in [0.717, 1.165) is 18.7 Å². The molecule has 0 amide bonds. The Morgan fingerprint density at radius 3 is 2.65 bits per heavy atom. The number of hydrogen-bond acceptors (Lipinski definition) is 3. The van der Waals surface area contributed by atoms with Gasteiger partial charge in [0.15, 0.2) is 0 Å². The molecular formula is C13H22FN3. The highest BCUT2D eigenvalue weighted by molar-refractivity contribution is 5.14. The predicted octanol–water partition coefficient (Wildman–Crippen LogP) is 2.21. The Hall–Kier alpha value is -1.00. The Bertz CT molecular complexity index is 341. The number of rotatable bonds is 6. The largest absolute Gasteiger partial charge is 0.309 e. The van der Waals surface area contributed by atoms with Gasteiger partial charge < -0.3 is 10.2 Å². The van der Waals surface area contributed by atoms with Gasteiger partial charge in [-0.15, -0.1) is 0 Å². The average molecular weight is 239 g/mol. The summed E-state index contributed by atoms with van der Waals surface area (Å²) >= 11 is 0. The lowest BCUT2D eigenvalue weighted by molar-refractivity contribution is 0.270. The molecule has 0 saturated carbocycles. The maximum Gasteiger partial charge on any atom is 0.141 e. The second-order valence-electron chi connectivity index (χ2n) is 4.69. The van der Waals surface area contributed by atoms with Crippen LogP contribution in [0.5, 0.6) is 0 Å². The van der Waals surface area contributed by atoms with Gasteiger partial charge >= 0.3 is 0 Å². The van der Waals surface area contributed by atoms with Crippen molar-refractivity contribution in [2.75, 3.05) is 20.1 Å². The molecule has 1 unspecified atom stereocenters. The Morgan fingerprint density at radius 1 is 1.35 bits per heavy atom. The van der Waals surface area contributed by atoms with Crippen LogP contribution in [-0.2, 0) is 0 Å². The topological polar surface area (TPSA) is 28.2 Å². The van der Waals surface area contributed by atoms with E-state index in [1.807, 2.05) is 6.92 Å². The van der Waals surface area contributed by atoms with E-state index >= 15 is 0 Å². The molecule has 0 aliphatic rings. The summed E-state index contributed by atoms with van der Waals surface area (Å²) in [5, 5.41) is 3.36. The normalized spacial score (nSPS) is 13.4. The summed E-state index contributed by atoms with van der Waals surface area (Å²) in [6.45, 7) is 8.21. The highest BCUT2D eigenvalue weighted by atomic mass is 19.1. The van der Waals surface area contributed by atoms with E-state index in [4.69, 9.17) is 0 Å². The molecule has 17 heavy (non-hydrogen) atoms. The van der Waals surface area contributed by atoms with Crippen molar-refractivity contribution in [3.63, 3.8) is 0 Å². The van der Waals surface area contributed by atoms with E-state index in [9.17, 15) is 4.39 Å². The standard InChI is InChI=1S/C13H22FN3/c1-10(2)17(4)6-5-16-11(3)12-7-13(14)9-15-8-12/h7-11,16H,5-6H2,1-4H3. The van der Waals surface area contributed by atoms with Gasteiger partial charge in [0.1, 0.15) is 5.82 Å². The van der Waals surface area contributed by atoms with Crippen molar-refractivity contribution in [2.24, 2.45) is 0 Å². The van der Waals surface area contributed by atoms with Crippen LogP contribution in [0.4, 0.5) is 4.39 Å². The molecule has 4 heteroatoms. The summed E-state index contributed by atoms with van der Waals surface area (Å²) in [6.07, 6.45) is 2.93. The molecule has 1 heterocycles. The lowest BCUT2D eigenvalue weighted by atomic mass is 10.1. The monoisotopic (exact) mass is 239 g/mol. The van der Waals surface area contributed by atoms with Crippen LogP contribution in [0.1, 0.15) is 32.4 Å². The van der Waals surface area contributed by atoms with Crippen LogP contribution < -0.4 is 5.32 Å². The average Bonchev–Trinajstić information content (AvgIpc) is 2.28. The second kappa shape index (κ2) is 6.67. The van der Waals surface area contributed by atoms with Gasteiger partial charge in [-0.05, 0) is 39.4 Å². The van der Waals surface area contributed by atoms with Crippen molar-refractivity contribution >= 4 is 0 Å². The van der Waals surface area contributed by atoms with Crippen LogP contribution in [0.15, 0.2) is 18.5 Å². The first-order valence-electron chi connectivity index (χ1n) is 6.04. The van der Waals surface area contributed by atoms with Crippen molar-refractivity contribution in [3.8, 4) is 0 Å². The Balaban J connectivity index is 2.37. The molecule has 96 valence electrons. The molecule has 0 aliphatic carbocycles. The highest BCUT2D eigenvalue weighted by Crippen LogP contribution is 2.11. The lowest BCUT2D eigenvalue weighted by Gasteiger charge is -2.22. The number of nitrogens with zero attached hydrogens (tertiary/aromatic N) is 2. The molecule has 0 saturated heterocycles. The van der Waals surface area contributed by atoms with Crippen molar-refractivity contribution in [1.82, 2.24) is 15.2 Å². The predicted molar refractivity (Wildman–Crippen MR) is 68.4 cm³/mol. The van der Waals surface area contributed by atoms with E-state index in [0.29, 0.717) is 6.04 Å². The number of nitrogens with one attached hydrogen (secondary N) is 1. The van der Waals surface area contributed by atoms with Crippen molar-refractivity contribution in [3.05, 3.63) is 29.8 Å². The number of aromatic nitrogens is 1. The molecule has 1 aromatic heterocycles.